The Morgan fingerprint density at radius 2 is 2.17 bits per heavy atom. The lowest BCUT2D eigenvalue weighted by Crippen LogP contribution is -2.41. The highest BCUT2D eigenvalue weighted by atomic mass is 32.1. The topological polar surface area (TPSA) is 77.2 Å². The molecule has 0 spiro atoms. The molecule has 3 rings (SSSR count). The predicted octanol–water partition coefficient (Wildman–Crippen LogP) is 2.91. The van der Waals surface area contributed by atoms with Crippen molar-refractivity contribution in [3.05, 3.63) is 47.0 Å². The third-order valence-corrected chi connectivity index (χ3v) is 5.01. The Labute approximate surface area is 146 Å². The molecule has 24 heavy (non-hydrogen) atoms. The van der Waals surface area contributed by atoms with Gasteiger partial charge in [0.25, 0.3) is 0 Å². The third kappa shape index (κ3) is 4.79. The molecule has 1 aliphatic carbocycles. The number of thiazole rings is 1. The summed E-state index contributed by atoms with van der Waals surface area (Å²) < 4.78 is 6.03. The van der Waals surface area contributed by atoms with Crippen molar-refractivity contribution in [2.75, 3.05) is 5.73 Å². The molecule has 1 saturated carbocycles. The van der Waals surface area contributed by atoms with Crippen LogP contribution >= 0.6 is 11.3 Å². The van der Waals surface area contributed by atoms with Crippen LogP contribution in [0, 0.1) is 0 Å². The van der Waals surface area contributed by atoms with Crippen LogP contribution < -0.4 is 11.1 Å². The normalized spacial score (nSPS) is 20.2. The van der Waals surface area contributed by atoms with Gasteiger partial charge in [-0.05, 0) is 31.2 Å². The molecule has 0 aliphatic heterocycles. The standard InChI is InChI=1S/C18H23N3O2S/c19-18-20-14(12-24-18)9-10-17(22)21-15-7-4-8-16(15)23-11-13-5-2-1-3-6-13/h1-3,5-6,12,15-16H,4,7-11H2,(H2,19,20)(H,21,22)/t15-,16-/m1/s1. The van der Waals surface area contributed by atoms with Crippen molar-refractivity contribution in [1.82, 2.24) is 10.3 Å². The van der Waals surface area contributed by atoms with E-state index in [1.54, 1.807) is 0 Å². The maximum atomic E-state index is 12.2. The second kappa shape index (κ2) is 8.26. The number of nitrogens with two attached hydrogens (primary N) is 1. The number of carbonyl (C=O) groups excluding carboxylic acids is 1. The predicted molar refractivity (Wildman–Crippen MR) is 95.6 cm³/mol. The second-order valence-corrected chi connectivity index (χ2v) is 7.01. The SMILES string of the molecule is Nc1nc(CCC(=O)N[C@@H]2CCC[C@H]2OCc2ccccc2)cs1. The number of aromatic nitrogens is 1. The van der Waals surface area contributed by atoms with Gasteiger partial charge in [-0.2, -0.15) is 0 Å². The molecule has 1 aromatic carbocycles. The van der Waals surface area contributed by atoms with Crippen molar-refractivity contribution in [2.45, 2.75) is 50.9 Å². The maximum Gasteiger partial charge on any atom is 0.220 e. The van der Waals surface area contributed by atoms with Crippen LogP contribution in [0.3, 0.4) is 0 Å². The van der Waals surface area contributed by atoms with E-state index in [-0.39, 0.29) is 18.1 Å². The molecule has 0 unspecified atom stereocenters. The van der Waals surface area contributed by atoms with Gasteiger partial charge in [0.1, 0.15) is 0 Å². The molecule has 128 valence electrons. The van der Waals surface area contributed by atoms with Crippen molar-refractivity contribution in [2.24, 2.45) is 0 Å². The largest absolute Gasteiger partial charge is 0.375 e. The molecule has 1 fully saturated rings. The molecule has 1 aromatic heterocycles. The van der Waals surface area contributed by atoms with Gasteiger partial charge in [-0.3, -0.25) is 4.79 Å². The fourth-order valence-corrected chi connectivity index (χ4v) is 3.62. The highest BCUT2D eigenvalue weighted by Crippen LogP contribution is 2.23. The molecule has 5 nitrogen and oxygen atoms in total. The molecule has 1 heterocycles. The number of hydrogen-bond donors (Lipinski definition) is 2. The Bertz CT molecular complexity index is 659. The number of nitrogens with zero attached hydrogens (tertiary/aromatic N) is 1. The number of nitrogen functional groups attached to an aromatic ring is 1. The van der Waals surface area contributed by atoms with Gasteiger partial charge in [-0.25, -0.2) is 4.98 Å². The summed E-state index contributed by atoms with van der Waals surface area (Å²) in [7, 11) is 0. The first kappa shape index (κ1) is 16.9. The van der Waals surface area contributed by atoms with Gasteiger partial charge in [-0.1, -0.05) is 30.3 Å². The summed E-state index contributed by atoms with van der Waals surface area (Å²) >= 11 is 1.41. The van der Waals surface area contributed by atoms with Crippen LogP contribution in [-0.2, 0) is 22.6 Å². The number of anilines is 1. The summed E-state index contributed by atoms with van der Waals surface area (Å²) in [4.78, 5) is 16.4. The molecule has 2 aromatic rings. The first-order valence-corrected chi connectivity index (χ1v) is 9.23. The molecule has 1 amide bonds. The monoisotopic (exact) mass is 345 g/mol. The number of amides is 1. The Morgan fingerprint density at radius 1 is 1.33 bits per heavy atom. The van der Waals surface area contributed by atoms with E-state index in [1.165, 1.54) is 11.3 Å². The smallest absolute Gasteiger partial charge is 0.220 e. The van der Waals surface area contributed by atoms with Crippen LogP contribution in [0.4, 0.5) is 5.13 Å². The zero-order valence-corrected chi connectivity index (χ0v) is 14.4. The molecular formula is C18H23N3O2S. The summed E-state index contributed by atoms with van der Waals surface area (Å²) in [5.74, 6) is 0.0572. The van der Waals surface area contributed by atoms with E-state index in [0.717, 1.165) is 30.5 Å². The quantitative estimate of drug-likeness (QED) is 0.809. The van der Waals surface area contributed by atoms with Gasteiger partial charge in [0.05, 0.1) is 24.4 Å². The van der Waals surface area contributed by atoms with E-state index in [2.05, 4.69) is 22.4 Å². The Balaban J connectivity index is 1.44. The minimum Gasteiger partial charge on any atom is -0.375 e. The Morgan fingerprint density at radius 3 is 2.92 bits per heavy atom. The first-order valence-electron chi connectivity index (χ1n) is 8.35. The zero-order chi connectivity index (χ0) is 16.8. The van der Waals surface area contributed by atoms with Crippen molar-refractivity contribution >= 4 is 22.4 Å². The fourth-order valence-electron chi connectivity index (χ4n) is 3.03. The zero-order valence-electron chi connectivity index (χ0n) is 13.6. The summed E-state index contributed by atoms with van der Waals surface area (Å²) in [6.07, 6.45) is 4.24. The molecule has 6 heteroatoms. The number of rotatable bonds is 7. The number of ether oxygens (including phenoxy) is 1. The fraction of sp³-hybridized carbons (Fsp3) is 0.444. The summed E-state index contributed by atoms with van der Waals surface area (Å²) in [6, 6.07) is 10.2. The number of aryl methyl sites for hydroxylation is 1. The number of nitrogens with one attached hydrogen (secondary N) is 1. The van der Waals surface area contributed by atoms with Gasteiger partial charge >= 0.3 is 0 Å². The van der Waals surface area contributed by atoms with Gasteiger partial charge in [0.2, 0.25) is 5.91 Å². The molecular weight excluding hydrogens is 322 g/mol. The Kier molecular flexibility index (Phi) is 5.82. The summed E-state index contributed by atoms with van der Waals surface area (Å²) in [5, 5.41) is 5.58. The Hall–Kier alpha value is -1.92. The van der Waals surface area contributed by atoms with Crippen molar-refractivity contribution in [1.29, 1.82) is 0 Å². The van der Waals surface area contributed by atoms with Crippen molar-refractivity contribution in [3.8, 4) is 0 Å². The van der Waals surface area contributed by atoms with Gasteiger partial charge in [0.15, 0.2) is 5.13 Å². The third-order valence-electron chi connectivity index (χ3n) is 4.28. The minimum absolute atomic E-state index is 0.0572. The van der Waals surface area contributed by atoms with Crippen LogP contribution in [0.5, 0.6) is 0 Å². The average Bonchev–Trinajstić information content (AvgIpc) is 3.21. The van der Waals surface area contributed by atoms with E-state index in [4.69, 9.17) is 10.5 Å². The van der Waals surface area contributed by atoms with Gasteiger partial charge in [-0.15, -0.1) is 11.3 Å². The van der Waals surface area contributed by atoms with E-state index >= 15 is 0 Å². The van der Waals surface area contributed by atoms with Crippen LogP contribution in [-0.4, -0.2) is 23.0 Å². The van der Waals surface area contributed by atoms with E-state index in [0.29, 0.717) is 24.6 Å². The van der Waals surface area contributed by atoms with Crippen molar-refractivity contribution < 1.29 is 9.53 Å². The molecule has 2 atom stereocenters. The summed E-state index contributed by atoms with van der Waals surface area (Å²) in [6.45, 7) is 0.593. The lowest BCUT2D eigenvalue weighted by atomic mass is 10.2. The highest BCUT2D eigenvalue weighted by Gasteiger charge is 2.29. The van der Waals surface area contributed by atoms with Crippen LogP contribution in [0.25, 0.3) is 0 Å². The van der Waals surface area contributed by atoms with E-state index in [9.17, 15) is 4.79 Å². The summed E-state index contributed by atoms with van der Waals surface area (Å²) in [5.41, 5.74) is 7.65. The number of benzene rings is 1. The second-order valence-electron chi connectivity index (χ2n) is 6.12. The lowest BCUT2D eigenvalue weighted by molar-refractivity contribution is -0.122. The van der Waals surface area contributed by atoms with Crippen molar-refractivity contribution in [3.63, 3.8) is 0 Å². The molecule has 0 saturated heterocycles. The highest BCUT2D eigenvalue weighted by molar-refractivity contribution is 7.13. The number of hydrogen-bond acceptors (Lipinski definition) is 5. The molecule has 0 radical (unpaired) electrons. The van der Waals surface area contributed by atoms with Crippen LogP contribution in [0.15, 0.2) is 35.7 Å². The average molecular weight is 345 g/mol. The molecule has 3 N–H and O–H groups in total. The van der Waals surface area contributed by atoms with Gasteiger partial charge in [0, 0.05) is 11.8 Å². The van der Waals surface area contributed by atoms with Crippen LogP contribution in [0.1, 0.15) is 36.9 Å². The van der Waals surface area contributed by atoms with Crippen LogP contribution in [0.2, 0.25) is 0 Å². The molecule has 1 aliphatic rings. The number of carbonyl (C=O) groups is 1. The van der Waals surface area contributed by atoms with E-state index in [1.807, 2.05) is 23.6 Å². The first-order chi connectivity index (χ1) is 11.7. The van der Waals surface area contributed by atoms with E-state index < -0.39 is 0 Å². The maximum absolute atomic E-state index is 12.2. The lowest BCUT2D eigenvalue weighted by Gasteiger charge is -2.21. The molecule has 0 bridgehead atoms. The van der Waals surface area contributed by atoms with Gasteiger partial charge < -0.3 is 15.8 Å². The minimum atomic E-state index is 0.0572.